The molecule has 0 saturated carbocycles. The Hall–Kier alpha value is -2.73. The van der Waals surface area contributed by atoms with Crippen LogP contribution in [0.4, 0.5) is 5.69 Å². The summed E-state index contributed by atoms with van der Waals surface area (Å²) in [4.78, 5) is 27.4. The zero-order chi connectivity index (χ0) is 21.7. The van der Waals surface area contributed by atoms with Gasteiger partial charge in [0.2, 0.25) is 0 Å². The van der Waals surface area contributed by atoms with Gasteiger partial charge in [-0.25, -0.2) is 0 Å². The second-order valence-electron chi connectivity index (χ2n) is 8.58. The fourth-order valence-electron chi connectivity index (χ4n) is 3.96. The van der Waals surface area contributed by atoms with Crippen molar-refractivity contribution in [2.45, 2.75) is 54.0 Å². The molecule has 5 nitrogen and oxygen atoms in total. The molecule has 2 heterocycles. The van der Waals surface area contributed by atoms with Crippen molar-refractivity contribution in [3.8, 4) is 0 Å². The summed E-state index contributed by atoms with van der Waals surface area (Å²) in [5, 5.41) is 2.77. The lowest BCUT2D eigenvalue weighted by Gasteiger charge is -2.30. The first-order chi connectivity index (χ1) is 13.4. The van der Waals surface area contributed by atoms with Crippen LogP contribution in [-0.4, -0.2) is 21.5 Å². The number of hydrogen-bond donors (Lipinski definition) is 1. The lowest BCUT2D eigenvalue weighted by molar-refractivity contribution is -0.122. The maximum absolute atomic E-state index is 13.3. The van der Waals surface area contributed by atoms with Crippen molar-refractivity contribution >= 4 is 40.9 Å². The lowest BCUT2D eigenvalue weighted by atomic mass is 10.0. The third kappa shape index (κ3) is 3.77. The van der Waals surface area contributed by atoms with Gasteiger partial charge in [0, 0.05) is 16.9 Å². The summed E-state index contributed by atoms with van der Waals surface area (Å²) in [6.45, 7) is 14.3. The maximum atomic E-state index is 13.3. The normalized spacial score (nSPS) is 16.6. The second-order valence-corrected chi connectivity index (χ2v) is 8.97. The number of rotatable bonds is 2. The van der Waals surface area contributed by atoms with E-state index in [9.17, 15) is 9.59 Å². The number of carbonyl (C=O) groups is 2. The van der Waals surface area contributed by atoms with Crippen LogP contribution in [0.15, 0.2) is 29.8 Å². The van der Waals surface area contributed by atoms with E-state index in [2.05, 4.69) is 30.7 Å². The molecule has 1 N–H and O–H groups in total. The molecule has 0 spiro atoms. The van der Waals surface area contributed by atoms with Crippen molar-refractivity contribution in [2.75, 3.05) is 4.90 Å². The summed E-state index contributed by atoms with van der Waals surface area (Å²) in [6.07, 6.45) is 1.67. The van der Waals surface area contributed by atoms with E-state index in [0.717, 1.165) is 28.1 Å². The van der Waals surface area contributed by atoms with Gasteiger partial charge in [0.05, 0.1) is 5.69 Å². The highest BCUT2D eigenvalue weighted by Gasteiger charge is 2.35. The minimum Gasteiger partial charge on any atom is -0.343 e. The zero-order valence-electron chi connectivity index (χ0n) is 18.0. The molecule has 29 heavy (non-hydrogen) atoms. The summed E-state index contributed by atoms with van der Waals surface area (Å²) in [6, 6.07) is 7.83. The van der Waals surface area contributed by atoms with Crippen molar-refractivity contribution in [1.29, 1.82) is 0 Å². The number of hydrogen-bond acceptors (Lipinski definition) is 3. The summed E-state index contributed by atoms with van der Waals surface area (Å²) >= 11 is 5.33. The van der Waals surface area contributed by atoms with Crippen molar-refractivity contribution < 1.29 is 9.59 Å². The number of nitrogens with zero attached hydrogens (tertiary/aromatic N) is 2. The third-order valence-corrected chi connectivity index (χ3v) is 5.43. The van der Waals surface area contributed by atoms with Gasteiger partial charge in [0.15, 0.2) is 5.11 Å². The van der Waals surface area contributed by atoms with Gasteiger partial charge in [-0.1, -0.05) is 12.1 Å². The zero-order valence-corrected chi connectivity index (χ0v) is 18.8. The monoisotopic (exact) mass is 409 g/mol. The molecule has 1 saturated heterocycles. The number of aryl methyl sites for hydroxylation is 3. The Bertz CT molecular complexity index is 1070. The molecule has 2 amide bonds. The van der Waals surface area contributed by atoms with Crippen LogP contribution in [0.1, 0.15) is 48.8 Å². The summed E-state index contributed by atoms with van der Waals surface area (Å²) in [5.74, 6) is -0.880. The molecule has 1 aromatic heterocycles. The van der Waals surface area contributed by atoms with E-state index in [4.69, 9.17) is 12.2 Å². The Morgan fingerprint density at radius 2 is 1.69 bits per heavy atom. The van der Waals surface area contributed by atoms with E-state index >= 15 is 0 Å². The van der Waals surface area contributed by atoms with E-state index in [0.29, 0.717) is 5.69 Å². The van der Waals surface area contributed by atoms with Gasteiger partial charge in [-0.2, -0.15) is 0 Å². The Morgan fingerprint density at radius 3 is 2.28 bits per heavy atom. The second kappa shape index (κ2) is 7.26. The number of amides is 2. The number of thiocarbonyl (C=S) groups is 1. The van der Waals surface area contributed by atoms with Crippen LogP contribution < -0.4 is 10.2 Å². The quantitative estimate of drug-likeness (QED) is 0.457. The molecule has 152 valence electrons. The van der Waals surface area contributed by atoms with E-state index in [1.54, 1.807) is 6.08 Å². The molecule has 2 aromatic rings. The van der Waals surface area contributed by atoms with E-state index in [1.807, 2.05) is 52.0 Å². The average Bonchev–Trinajstić information content (AvgIpc) is 2.88. The standard InChI is InChI=1S/C23H27N3O2S/c1-13-8-9-14(2)19(10-13)25-21(28)18(20(27)24-22(25)29)12-17-11-15(3)26(16(17)4)23(5,6)7/h8-12H,1-7H3,(H,24,27,29)/b18-12+. The molecule has 1 aromatic carbocycles. The molecular formula is C23H27N3O2S. The average molecular weight is 410 g/mol. The highest BCUT2D eigenvalue weighted by Crippen LogP contribution is 2.29. The number of anilines is 1. The predicted octanol–water partition coefficient (Wildman–Crippen LogP) is 4.31. The predicted molar refractivity (Wildman–Crippen MR) is 121 cm³/mol. The molecule has 6 heteroatoms. The fraction of sp³-hybridized carbons (Fsp3) is 0.348. The van der Waals surface area contributed by atoms with Crippen molar-refractivity contribution in [1.82, 2.24) is 9.88 Å². The molecule has 0 unspecified atom stereocenters. The number of aromatic nitrogens is 1. The highest BCUT2D eigenvalue weighted by molar-refractivity contribution is 7.80. The van der Waals surface area contributed by atoms with Crippen LogP contribution >= 0.6 is 12.2 Å². The molecule has 1 aliphatic heterocycles. The van der Waals surface area contributed by atoms with Crippen molar-refractivity contribution in [3.05, 3.63) is 57.9 Å². The Morgan fingerprint density at radius 1 is 1.03 bits per heavy atom. The molecule has 0 radical (unpaired) electrons. The van der Waals surface area contributed by atoms with Gasteiger partial charge < -0.3 is 4.57 Å². The molecule has 3 rings (SSSR count). The molecule has 0 bridgehead atoms. The Labute approximate surface area is 177 Å². The number of carbonyl (C=O) groups excluding carboxylic acids is 2. The van der Waals surface area contributed by atoms with Crippen LogP contribution in [0.2, 0.25) is 0 Å². The van der Waals surface area contributed by atoms with E-state index < -0.39 is 11.8 Å². The fourth-order valence-corrected chi connectivity index (χ4v) is 4.23. The SMILES string of the molecule is Cc1ccc(C)c(N2C(=O)/C(=C/c3cc(C)n(C(C)(C)C)c3C)C(=O)NC2=S)c1. The van der Waals surface area contributed by atoms with Gasteiger partial charge in [-0.15, -0.1) is 0 Å². The van der Waals surface area contributed by atoms with Crippen LogP contribution in [0.3, 0.4) is 0 Å². The van der Waals surface area contributed by atoms with Crippen LogP contribution in [0, 0.1) is 27.7 Å². The van der Waals surface area contributed by atoms with E-state index in [-0.39, 0.29) is 16.2 Å². The minimum atomic E-state index is -0.470. The summed E-state index contributed by atoms with van der Waals surface area (Å²) in [7, 11) is 0. The highest BCUT2D eigenvalue weighted by atomic mass is 32.1. The van der Waals surface area contributed by atoms with Crippen LogP contribution in [0.25, 0.3) is 6.08 Å². The Balaban J connectivity index is 2.11. The van der Waals surface area contributed by atoms with Gasteiger partial charge in [0.1, 0.15) is 5.57 Å². The number of nitrogens with one attached hydrogen (secondary N) is 1. The smallest absolute Gasteiger partial charge is 0.270 e. The first-order valence-electron chi connectivity index (χ1n) is 9.60. The van der Waals surface area contributed by atoms with E-state index in [1.165, 1.54) is 4.90 Å². The van der Waals surface area contributed by atoms with Gasteiger partial charge in [-0.3, -0.25) is 19.8 Å². The molecule has 1 fully saturated rings. The van der Waals surface area contributed by atoms with Gasteiger partial charge >= 0.3 is 0 Å². The van der Waals surface area contributed by atoms with Crippen LogP contribution in [-0.2, 0) is 15.1 Å². The maximum Gasteiger partial charge on any atom is 0.270 e. The minimum absolute atomic E-state index is 0.0775. The first-order valence-corrected chi connectivity index (χ1v) is 10.0. The summed E-state index contributed by atoms with van der Waals surface area (Å²) < 4.78 is 2.21. The lowest BCUT2D eigenvalue weighted by Crippen LogP contribution is -2.54. The van der Waals surface area contributed by atoms with Gasteiger partial charge in [0.25, 0.3) is 11.8 Å². The topological polar surface area (TPSA) is 54.3 Å². The Kier molecular flexibility index (Phi) is 5.26. The first kappa shape index (κ1) is 21.0. The largest absolute Gasteiger partial charge is 0.343 e. The van der Waals surface area contributed by atoms with Gasteiger partial charge in [-0.05, 0) is 95.6 Å². The number of benzene rings is 1. The third-order valence-electron chi connectivity index (χ3n) is 5.15. The summed E-state index contributed by atoms with van der Waals surface area (Å²) in [5.41, 5.74) is 5.52. The van der Waals surface area contributed by atoms with Crippen LogP contribution in [0.5, 0.6) is 0 Å². The van der Waals surface area contributed by atoms with Crippen molar-refractivity contribution in [3.63, 3.8) is 0 Å². The van der Waals surface area contributed by atoms with Crippen molar-refractivity contribution in [2.24, 2.45) is 0 Å². The molecule has 1 aliphatic rings. The molecule has 0 atom stereocenters. The molecular weight excluding hydrogens is 382 g/mol. The molecule has 0 aliphatic carbocycles.